The number of rotatable bonds is 4. The van der Waals surface area contributed by atoms with Gasteiger partial charge in [0.25, 0.3) is 10.0 Å². The third kappa shape index (κ3) is 5.23. The molecule has 144 valence electrons. The van der Waals surface area contributed by atoms with E-state index in [-0.39, 0.29) is 28.4 Å². The Balaban J connectivity index is 2.44. The van der Waals surface area contributed by atoms with Gasteiger partial charge in [-0.2, -0.15) is 8.42 Å². The van der Waals surface area contributed by atoms with E-state index in [0.717, 1.165) is 0 Å². The molecule has 27 heavy (non-hydrogen) atoms. The van der Waals surface area contributed by atoms with Crippen molar-refractivity contribution in [2.24, 2.45) is 21.2 Å². The fraction of sp³-hybridized carbons (Fsp3) is 0.350. The van der Waals surface area contributed by atoms with Crippen molar-refractivity contribution < 1.29 is 13.2 Å². The summed E-state index contributed by atoms with van der Waals surface area (Å²) < 4.78 is 28.6. The van der Waals surface area contributed by atoms with E-state index >= 15 is 0 Å². The number of hydrogen-bond acceptors (Lipinski definition) is 3. The first-order valence-corrected chi connectivity index (χ1v) is 10.5. The van der Waals surface area contributed by atoms with Crippen LogP contribution >= 0.6 is 11.6 Å². The summed E-state index contributed by atoms with van der Waals surface area (Å²) in [4.78, 5) is 16.9. The lowest BCUT2D eigenvalue weighted by molar-refractivity contribution is -0.113. The Morgan fingerprint density at radius 1 is 0.963 bits per heavy atom. The number of aliphatic imine (C=N–C) groups is 1. The van der Waals surface area contributed by atoms with Crippen LogP contribution in [0.25, 0.3) is 0 Å². The van der Waals surface area contributed by atoms with Crippen molar-refractivity contribution >= 4 is 39.0 Å². The molecule has 0 bridgehead atoms. The zero-order chi connectivity index (χ0) is 20.4. The Morgan fingerprint density at radius 3 is 1.89 bits per heavy atom. The Kier molecular flexibility index (Phi) is 6.54. The van der Waals surface area contributed by atoms with Crippen molar-refractivity contribution in [1.29, 1.82) is 0 Å². The molecule has 0 saturated carbocycles. The van der Waals surface area contributed by atoms with Crippen LogP contribution in [0.4, 0.5) is 0 Å². The maximum absolute atomic E-state index is 12.6. The number of allylic oxidation sites excluding steroid dienone is 4. The predicted octanol–water partition coefficient (Wildman–Crippen LogP) is 4.64. The van der Waals surface area contributed by atoms with Gasteiger partial charge in [-0.25, -0.2) is 4.99 Å². The van der Waals surface area contributed by atoms with Crippen molar-refractivity contribution in [3.8, 4) is 0 Å². The lowest BCUT2D eigenvalue weighted by atomic mass is 9.84. The van der Waals surface area contributed by atoms with E-state index in [1.807, 2.05) is 27.7 Å². The van der Waals surface area contributed by atoms with E-state index in [1.165, 1.54) is 31.2 Å². The lowest BCUT2D eigenvalue weighted by Crippen LogP contribution is -2.21. The quantitative estimate of drug-likeness (QED) is 0.415. The molecule has 0 heterocycles. The average Bonchev–Trinajstić information content (AvgIpc) is 2.55. The number of nitrogens with zero attached hydrogens (tertiary/aromatic N) is 2. The second-order valence-electron chi connectivity index (χ2n) is 6.94. The van der Waals surface area contributed by atoms with E-state index in [2.05, 4.69) is 9.39 Å². The molecule has 7 heteroatoms. The van der Waals surface area contributed by atoms with Crippen LogP contribution in [0.5, 0.6) is 0 Å². The molecule has 1 aromatic rings. The zero-order valence-electron chi connectivity index (χ0n) is 16.0. The summed E-state index contributed by atoms with van der Waals surface area (Å²) in [5.41, 5.74) is 1.84. The summed E-state index contributed by atoms with van der Waals surface area (Å²) in [6.07, 6.45) is 3.40. The molecule has 1 aliphatic carbocycles. The van der Waals surface area contributed by atoms with E-state index in [1.54, 1.807) is 12.2 Å². The largest absolute Gasteiger partial charge is 0.289 e. The summed E-state index contributed by atoms with van der Waals surface area (Å²) in [6, 6.07) is 5.78. The van der Waals surface area contributed by atoms with Gasteiger partial charge in [-0.3, -0.25) is 4.79 Å². The first-order chi connectivity index (χ1) is 12.5. The minimum Gasteiger partial charge on any atom is -0.289 e. The minimum absolute atomic E-state index is 0.0160. The van der Waals surface area contributed by atoms with Crippen LogP contribution in [-0.4, -0.2) is 25.7 Å². The van der Waals surface area contributed by atoms with E-state index < -0.39 is 10.0 Å². The topological polar surface area (TPSA) is 75.9 Å². The van der Waals surface area contributed by atoms with Gasteiger partial charge >= 0.3 is 0 Å². The maximum Gasteiger partial charge on any atom is 0.283 e. The molecule has 0 fully saturated rings. The van der Waals surface area contributed by atoms with Crippen molar-refractivity contribution in [2.45, 2.75) is 39.5 Å². The molecule has 0 aromatic heterocycles. The summed E-state index contributed by atoms with van der Waals surface area (Å²) in [6.45, 7) is 9.28. The lowest BCUT2D eigenvalue weighted by Gasteiger charge is -2.20. The second kappa shape index (κ2) is 8.31. The van der Waals surface area contributed by atoms with Gasteiger partial charge in [-0.15, -0.1) is 4.40 Å². The molecule has 2 rings (SSSR count). The highest BCUT2D eigenvalue weighted by molar-refractivity contribution is 7.90. The summed E-state index contributed by atoms with van der Waals surface area (Å²) in [5.74, 6) is 0.190. The predicted molar refractivity (Wildman–Crippen MR) is 110 cm³/mol. The Hall–Kier alpha value is -2.05. The van der Waals surface area contributed by atoms with Gasteiger partial charge in [0.05, 0.1) is 10.6 Å². The van der Waals surface area contributed by atoms with Gasteiger partial charge in [0.1, 0.15) is 5.84 Å². The van der Waals surface area contributed by atoms with Crippen molar-refractivity contribution in [2.75, 3.05) is 0 Å². The highest BCUT2D eigenvalue weighted by Crippen LogP contribution is 2.25. The fourth-order valence-corrected chi connectivity index (χ4v) is 3.72. The van der Waals surface area contributed by atoms with Gasteiger partial charge in [-0.1, -0.05) is 39.3 Å². The molecule has 1 aliphatic rings. The molecule has 0 saturated heterocycles. The van der Waals surface area contributed by atoms with E-state index in [9.17, 15) is 13.2 Å². The molecule has 0 aliphatic heterocycles. The third-order valence-electron chi connectivity index (χ3n) is 4.03. The molecule has 0 atom stereocenters. The SMILES string of the molecule is C/C(N=C1C=C(C(C)C)C(=O)C(C(C)C)=C1)=N/S(=O)(=O)c1ccc(Cl)cc1. The van der Waals surface area contributed by atoms with Crippen LogP contribution in [0, 0.1) is 11.8 Å². The second-order valence-corrected chi connectivity index (χ2v) is 8.98. The number of hydrogen-bond donors (Lipinski definition) is 0. The fourth-order valence-electron chi connectivity index (χ4n) is 2.62. The van der Waals surface area contributed by atoms with Gasteiger partial charge in [0.15, 0.2) is 5.78 Å². The molecule has 0 radical (unpaired) electrons. The van der Waals surface area contributed by atoms with Gasteiger partial charge in [-0.05, 0) is 55.2 Å². The first-order valence-electron chi connectivity index (χ1n) is 8.65. The highest BCUT2D eigenvalue weighted by atomic mass is 35.5. The van der Waals surface area contributed by atoms with E-state index in [4.69, 9.17) is 11.6 Å². The maximum atomic E-state index is 12.6. The van der Waals surface area contributed by atoms with Crippen molar-refractivity contribution in [3.05, 3.63) is 52.6 Å². The molecule has 0 spiro atoms. The Bertz CT molecular complexity index is 937. The van der Waals surface area contributed by atoms with Crippen LogP contribution in [0.2, 0.25) is 5.02 Å². The Labute approximate surface area is 165 Å². The molecule has 0 N–H and O–H groups in total. The summed E-state index contributed by atoms with van der Waals surface area (Å²) in [5, 5.41) is 0.444. The van der Waals surface area contributed by atoms with Crippen LogP contribution in [0.3, 0.4) is 0 Å². The number of Topliss-reactive ketones (excluding diaryl/α,β-unsaturated/α-hetero) is 1. The van der Waals surface area contributed by atoms with Crippen LogP contribution in [0.1, 0.15) is 34.6 Å². The summed E-state index contributed by atoms with van der Waals surface area (Å²) in [7, 11) is -3.88. The molecule has 0 unspecified atom stereocenters. The minimum atomic E-state index is -3.88. The smallest absolute Gasteiger partial charge is 0.283 e. The number of halogens is 1. The highest BCUT2D eigenvalue weighted by Gasteiger charge is 2.24. The summed E-state index contributed by atoms with van der Waals surface area (Å²) >= 11 is 5.79. The number of sulfonamides is 1. The van der Waals surface area contributed by atoms with Crippen LogP contribution < -0.4 is 0 Å². The number of benzene rings is 1. The van der Waals surface area contributed by atoms with Crippen LogP contribution in [0.15, 0.2) is 61.8 Å². The molecular weight excluding hydrogens is 384 g/mol. The number of amidine groups is 1. The van der Waals surface area contributed by atoms with Gasteiger partial charge in [0, 0.05) is 16.2 Å². The third-order valence-corrected chi connectivity index (χ3v) is 5.65. The first kappa shape index (κ1) is 21.3. The monoisotopic (exact) mass is 406 g/mol. The Morgan fingerprint density at radius 2 is 1.44 bits per heavy atom. The molecule has 1 aromatic carbocycles. The molecule has 0 amide bonds. The van der Waals surface area contributed by atoms with E-state index in [0.29, 0.717) is 21.9 Å². The number of carbonyl (C=O) groups is 1. The zero-order valence-corrected chi connectivity index (χ0v) is 17.6. The molecular formula is C20H23ClN2O3S. The van der Waals surface area contributed by atoms with Gasteiger partial charge < -0.3 is 0 Å². The number of ketones is 1. The van der Waals surface area contributed by atoms with Crippen molar-refractivity contribution in [3.63, 3.8) is 0 Å². The standard InChI is InChI=1S/C20H23ClN2O3S/c1-12(2)18-10-16(11-19(13(3)4)20(18)24)22-14(5)23-27(25,26)17-8-6-15(21)7-9-17/h6-13H,1-5H3/b23-14-. The molecule has 5 nitrogen and oxygen atoms in total. The van der Waals surface area contributed by atoms with Gasteiger partial charge in [0.2, 0.25) is 0 Å². The average molecular weight is 407 g/mol. The van der Waals surface area contributed by atoms with Crippen molar-refractivity contribution in [1.82, 2.24) is 0 Å². The number of carbonyl (C=O) groups excluding carboxylic acids is 1. The normalized spacial score (nSPS) is 15.9. The van der Waals surface area contributed by atoms with Crippen LogP contribution in [-0.2, 0) is 14.8 Å².